The first-order valence-corrected chi connectivity index (χ1v) is 10.7. The Morgan fingerprint density at radius 2 is 2.08 bits per heavy atom. The van der Waals surface area contributed by atoms with Crippen molar-refractivity contribution in [1.82, 2.24) is 14.9 Å². The third kappa shape index (κ3) is 4.08. The number of hydrogen-bond donors (Lipinski definition) is 2. The van der Waals surface area contributed by atoms with Gasteiger partial charge < -0.3 is 9.84 Å². The van der Waals surface area contributed by atoms with Crippen LogP contribution in [-0.4, -0.2) is 30.2 Å². The summed E-state index contributed by atoms with van der Waals surface area (Å²) in [5.74, 6) is 1.35. The normalized spacial score (nSPS) is 16.1. The maximum absolute atomic E-state index is 12.7. The molecule has 1 atom stereocenters. The van der Waals surface area contributed by atoms with E-state index >= 15 is 0 Å². The van der Waals surface area contributed by atoms with Gasteiger partial charge in [0.25, 0.3) is 0 Å². The average molecular weight is 396 g/mol. The minimum atomic E-state index is -3.82. The van der Waals surface area contributed by atoms with E-state index < -0.39 is 16.1 Å². The van der Waals surface area contributed by atoms with Gasteiger partial charge in [0.2, 0.25) is 21.8 Å². The highest BCUT2D eigenvalue weighted by Gasteiger charge is 2.24. The summed E-state index contributed by atoms with van der Waals surface area (Å²) in [4.78, 5) is 16.8. The highest BCUT2D eigenvalue weighted by atomic mass is 32.2. The van der Waals surface area contributed by atoms with Crippen molar-refractivity contribution in [3.05, 3.63) is 29.9 Å². The van der Waals surface area contributed by atoms with E-state index in [2.05, 4.69) is 20.2 Å². The molecule has 2 heterocycles. The largest absolute Gasteiger partial charge is 0.338 e. The Morgan fingerprint density at radius 3 is 2.77 bits per heavy atom. The lowest BCUT2D eigenvalue weighted by Crippen LogP contribution is -2.27. The summed E-state index contributed by atoms with van der Waals surface area (Å²) in [7, 11) is -3.82. The van der Waals surface area contributed by atoms with Crippen LogP contribution in [0.1, 0.15) is 50.9 Å². The first kappa shape index (κ1) is 18.9. The molecular weight excluding hydrogens is 376 g/mol. The third-order valence-electron chi connectivity index (χ3n) is 3.80. The molecule has 0 radical (unpaired) electrons. The number of benzene rings is 1. The highest BCUT2D eigenvalue weighted by molar-refractivity contribution is 7.99. The van der Waals surface area contributed by atoms with Crippen molar-refractivity contribution in [2.45, 2.75) is 48.9 Å². The van der Waals surface area contributed by atoms with Crippen LogP contribution in [0.4, 0.5) is 5.69 Å². The van der Waals surface area contributed by atoms with Crippen LogP contribution >= 0.6 is 11.8 Å². The Labute approximate surface area is 156 Å². The molecule has 26 heavy (non-hydrogen) atoms. The second-order valence-corrected chi connectivity index (χ2v) is 9.14. The predicted molar refractivity (Wildman–Crippen MR) is 97.5 cm³/mol. The summed E-state index contributed by atoms with van der Waals surface area (Å²) in [5.41, 5.74) is 0.507. The fraction of sp³-hybridized carbons (Fsp3) is 0.438. The molecule has 0 bridgehead atoms. The minimum absolute atomic E-state index is 0.0644. The van der Waals surface area contributed by atoms with Gasteiger partial charge in [-0.15, -0.1) is 11.8 Å². The van der Waals surface area contributed by atoms with Crippen LogP contribution in [0.15, 0.2) is 32.5 Å². The lowest BCUT2D eigenvalue weighted by Gasteiger charge is -2.13. The van der Waals surface area contributed by atoms with Crippen LogP contribution in [0, 0.1) is 0 Å². The summed E-state index contributed by atoms with van der Waals surface area (Å²) in [5, 5.41) is 6.59. The molecule has 10 heteroatoms. The zero-order valence-corrected chi connectivity index (χ0v) is 16.3. The van der Waals surface area contributed by atoms with E-state index in [1.807, 2.05) is 13.8 Å². The molecule has 2 aromatic rings. The lowest BCUT2D eigenvalue weighted by molar-refractivity contribution is -0.115. The predicted octanol–water partition coefficient (Wildman–Crippen LogP) is 2.67. The third-order valence-corrected chi connectivity index (χ3v) is 6.41. The lowest BCUT2D eigenvalue weighted by atomic mass is 10.2. The van der Waals surface area contributed by atoms with Crippen molar-refractivity contribution in [3.8, 4) is 0 Å². The fourth-order valence-corrected chi connectivity index (χ4v) is 4.53. The van der Waals surface area contributed by atoms with Gasteiger partial charge in [0.15, 0.2) is 5.82 Å². The molecular formula is C16H20N4O4S2. The molecule has 1 aliphatic rings. The van der Waals surface area contributed by atoms with Gasteiger partial charge in [0, 0.05) is 23.0 Å². The van der Waals surface area contributed by atoms with Crippen molar-refractivity contribution >= 4 is 33.4 Å². The Bertz CT molecular complexity index is 924. The number of thioether (sulfide) groups is 1. The van der Waals surface area contributed by atoms with Gasteiger partial charge in [-0.2, -0.15) is 9.71 Å². The van der Waals surface area contributed by atoms with E-state index in [4.69, 9.17) is 4.52 Å². The highest BCUT2D eigenvalue weighted by Crippen LogP contribution is 2.32. The molecule has 0 spiro atoms. The number of fused-ring (bicyclic) bond motifs is 1. The van der Waals surface area contributed by atoms with Crippen molar-refractivity contribution in [2.75, 3.05) is 11.1 Å². The van der Waals surface area contributed by atoms with Crippen LogP contribution in [-0.2, 0) is 14.8 Å². The molecule has 3 rings (SSSR count). The summed E-state index contributed by atoms with van der Waals surface area (Å²) in [6, 6.07) is 4.01. The fourth-order valence-electron chi connectivity index (χ4n) is 2.38. The molecule has 1 aliphatic heterocycles. The smallest absolute Gasteiger partial charge is 0.244 e. The molecule has 2 N–H and O–H groups in total. The molecule has 0 unspecified atom stereocenters. The number of nitrogens with one attached hydrogen (secondary N) is 2. The Hall–Kier alpha value is -1.91. The van der Waals surface area contributed by atoms with Crippen LogP contribution in [0.5, 0.6) is 0 Å². The zero-order chi connectivity index (χ0) is 18.9. The van der Waals surface area contributed by atoms with E-state index in [1.54, 1.807) is 13.0 Å². The number of sulfonamides is 1. The van der Waals surface area contributed by atoms with Crippen molar-refractivity contribution in [3.63, 3.8) is 0 Å². The van der Waals surface area contributed by atoms with Crippen LogP contribution in [0.2, 0.25) is 0 Å². The molecule has 8 nitrogen and oxygen atoms in total. The van der Waals surface area contributed by atoms with Crippen molar-refractivity contribution in [1.29, 1.82) is 0 Å². The molecule has 1 amide bonds. The van der Waals surface area contributed by atoms with Gasteiger partial charge >= 0.3 is 0 Å². The number of carbonyl (C=O) groups is 1. The molecule has 1 aromatic carbocycles. The number of carbonyl (C=O) groups excluding carboxylic acids is 1. The second kappa shape index (κ2) is 7.37. The monoisotopic (exact) mass is 396 g/mol. The second-order valence-electron chi connectivity index (χ2n) is 6.29. The Balaban J connectivity index is 1.82. The van der Waals surface area contributed by atoms with E-state index in [9.17, 15) is 13.2 Å². The number of hydrogen-bond acceptors (Lipinski definition) is 7. The van der Waals surface area contributed by atoms with Crippen LogP contribution in [0.3, 0.4) is 0 Å². The molecule has 140 valence electrons. The van der Waals surface area contributed by atoms with Gasteiger partial charge in [0.05, 0.1) is 16.6 Å². The maximum Gasteiger partial charge on any atom is 0.244 e. The minimum Gasteiger partial charge on any atom is -0.338 e. The molecule has 0 saturated heterocycles. The summed E-state index contributed by atoms with van der Waals surface area (Å²) < 4.78 is 33.1. The summed E-state index contributed by atoms with van der Waals surface area (Å²) >= 11 is 1.52. The average Bonchev–Trinajstić information content (AvgIpc) is 2.98. The first-order chi connectivity index (χ1) is 12.3. The van der Waals surface area contributed by atoms with Gasteiger partial charge in [-0.05, 0) is 25.1 Å². The van der Waals surface area contributed by atoms with Crippen LogP contribution in [0.25, 0.3) is 0 Å². The Morgan fingerprint density at radius 1 is 1.31 bits per heavy atom. The van der Waals surface area contributed by atoms with E-state index in [0.29, 0.717) is 23.7 Å². The molecule has 0 saturated carbocycles. The summed E-state index contributed by atoms with van der Waals surface area (Å²) in [6.45, 7) is 5.48. The summed E-state index contributed by atoms with van der Waals surface area (Å²) in [6.07, 6.45) is 0.395. The number of nitrogens with zero attached hydrogens (tertiary/aromatic N) is 2. The van der Waals surface area contributed by atoms with Crippen molar-refractivity contribution in [2.24, 2.45) is 0 Å². The van der Waals surface area contributed by atoms with Crippen molar-refractivity contribution < 1.29 is 17.7 Å². The van der Waals surface area contributed by atoms with Gasteiger partial charge in [0.1, 0.15) is 0 Å². The van der Waals surface area contributed by atoms with E-state index in [0.717, 1.165) is 4.90 Å². The number of aromatic nitrogens is 2. The topological polar surface area (TPSA) is 114 Å². The van der Waals surface area contributed by atoms with E-state index in [-0.39, 0.29) is 22.6 Å². The number of anilines is 1. The van der Waals surface area contributed by atoms with Crippen LogP contribution < -0.4 is 10.0 Å². The van der Waals surface area contributed by atoms with E-state index in [1.165, 1.54) is 23.9 Å². The number of amides is 1. The standard InChI is InChI=1S/C16H20N4O4S2/c1-9(2)15-18-16(24-19-15)10(3)20-26(22,23)11-4-5-13-12(8-11)17-14(21)6-7-25-13/h4-5,8-10,20H,6-7H2,1-3H3,(H,17,21)/t10-/m1/s1. The molecule has 0 fully saturated rings. The zero-order valence-electron chi connectivity index (χ0n) is 14.6. The van der Waals surface area contributed by atoms with Gasteiger partial charge in [-0.3, -0.25) is 4.79 Å². The first-order valence-electron chi connectivity index (χ1n) is 8.19. The molecule has 1 aromatic heterocycles. The van der Waals surface area contributed by atoms with Gasteiger partial charge in [-0.25, -0.2) is 8.42 Å². The number of rotatable bonds is 5. The molecule has 0 aliphatic carbocycles. The quantitative estimate of drug-likeness (QED) is 0.798. The van der Waals surface area contributed by atoms with Gasteiger partial charge in [-0.1, -0.05) is 19.0 Å². The maximum atomic E-state index is 12.7. The SMILES string of the molecule is CC(C)c1noc([C@@H](C)NS(=O)(=O)c2ccc3c(c2)NC(=O)CCS3)n1. The Kier molecular flexibility index (Phi) is 5.35.